The van der Waals surface area contributed by atoms with Crippen LogP contribution in [0.15, 0.2) is 24.3 Å². The van der Waals surface area contributed by atoms with Gasteiger partial charge < -0.3 is 14.2 Å². The van der Waals surface area contributed by atoms with Crippen molar-refractivity contribution in [3.63, 3.8) is 0 Å². The van der Waals surface area contributed by atoms with Crippen molar-refractivity contribution < 1.29 is 14.2 Å². The Bertz CT molecular complexity index is 448. The molecule has 20 heavy (non-hydrogen) atoms. The first-order chi connectivity index (χ1) is 9.75. The second kappa shape index (κ2) is 5.72. The average Bonchev–Trinajstić information content (AvgIpc) is 2.96. The van der Waals surface area contributed by atoms with Crippen molar-refractivity contribution >= 4 is 0 Å². The summed E-state index contributed by atoms with van der Waals surface area (Å²) in [5.41, 5.74) is 1.54. The molecule has 4 heteroatoms. The Balaban J connectivity index is 1.64. The number of likely N-dealkylation sites (tertiary alicyclic amines) is 1. The minimum absolute atomic E-state index is 0.210. The molecule has 1 aromatic rings. The highest BCUT2D eigenvalue weighted by Gasteiger charge is 2.50. The zero-order chi connectivity index (χ0) is 14.0. The van der Waals surface area contributed by atoms with Crippen molar-refractivity contribution in [1.29, 1.82) is 0 Å². The van der Waals surface area contributed by atoms with Gasteiger partial charge in [-0.05, 0) is 17.7 Å². The van der Waals surface area contributed by atoms with Gasteiger partial charge in [0.25, 0.3) is 0 Å². The first kappa shape index (κ1) is 13.9. The third kappa shape index (κ3) is 2.55. The van der Waals surface area contributed by atoms with Crippen LogP contribution in [-0.2, 0) is 16.0 Å². The van der Waals surface area contributed by atoms with Gasteiger partial charge in [0.15, 0.2) is 0 Å². The summed E-state index contributed by atoms with van der Waals surface area (Å²) in [6.45, 7) is 5.68. The van der Waals surface area contributed by atoms with Crippen LogP contribution in [0.5, 0.6) is 5.75 Å². The molecule has 4 nitrogen and oxygen atoms in total. The van der Waals surface area contributed by atoms with E-state index in [-0.39, 0.29) is 5.41 Å². The van der Waals surface area contributed by atoms with Gasteiger partial charge >= 0.3 is 0 Å². The summed E-state index contributed by atoms with van der Waals surface area (Å²) in [6.07, 6.45) is 0. The highest BCUT2D eigenvalue weighted by molar-refractivity contribution is 5.27. The molecule has 1 aromatic carbocycles. The molecule has 2 atom stereocenters. The fourth-order valence-corrected chi connectivity index (χ4v) is 3.54. The largest absolute Gasteiger partial charge is 0.497 e. The summed E-state index contributed by atoms with van der Waals surface area (Å²) >= 11 is 0. The summed E-state index contributed by atoms with van der Waals surface area (Å²) in [5, 5.41) is 0. The molecule has 0 aromatic heterocycles. The zero-order valence-electron chi connectivity index (χ0n) is 12.3. The minimum atomic E-state index is 0.210. The molecule has 0 spiro atoms. The lowest BCUT2D eigenvalue weighted by Gasteiger charge is -2.26. The standard InChI is InChI=1S/C16H23NO3/c1-18-11-16-10-17(8-14(16)9-20-12-16)7-13-3-5-15(19-2)6-4-13/h3-6,14H,7-12H2,1-2H3/t14-,16-/m1/s1. The lowest BCUT2D eigenvalue weighted by atomic mass is 9.82. The van der Waals surface area contributed by atoms with Crippen LogP contribution in [0.1, 0.15) is 5.56 Å². The molecule has 0 bridgehead atoms. The van der Waals surface area contributed by atoms with E-state index in [9.17, 15) is 0 Å². The fourth-order valence-electron chi connectivity index (χ4n) is 3.54. The molecule has 0 N–H and O–H groups in total. The van der Waals surface area contributed by atoms with Gasteiger partial charge in [-0.25, -0.2) is 0 Å². The van der Waals surface area contributed by atoms with E-state index in [0.717, 1.165) is 45.2 Å². The third-order valence-electron chi connectivity index (χ3n) is 4.59. The molecular weight excluding hydrogens is 254 g/mol. The Kier molecular flexibility index (Phi) is 3.96. The van der Waals surface area contributed by atoms with E-state index in [2.05, 4.69) is 17.0 Å². The van der Waals surface area contributed by atoms with Crippen LogP contribution in [0.4, 0.5) is 0 Å². The SMILES string of the molecule is COC[C@]12COC[C@H]1CN(Cc1ccc(OC)cc1)C2. The van der Waals surface area contributed by atoms with Gasteiger partial charge in [0.05, 0.1) is 26.9 Å². The number of nitrogens with zero attached hydrogens (tertiary/aromatic N) is 1. The normalized spacial score (nSPS) is 29.6. The third-order valence-corrected chi connectivity index (χ3v) is 4.59. The van der Waals surface area contributed by atoms with Gasteiger partial charge in [-0.1, -0.05) is 12.1 Å². The Labute approximate surface area is 120 Å². The molecule has 0 amide bonds. The maximum absolute atomic E-state index is 5.67. The van der Waals surface area contributed by atoms with Gasteiger partial charge in [0.1, 0.15) is 5.75 Å². The molecule has 2 aliphatic rings. The highest BCUT2D eigenvalue weighted by Crippen LogP contribution is 2.41. The van der Waals surface area contributed by atoms with E-state index in [0.29, 0.717) is 5.92 Å². The maximum atomic E-state index is 5.67. The first-order valence-electron chi connectivity index (χ1n) is 7.18. The summed E-state index contributed by atoms with van der Waals surface area (Å²) in [6, 6.07) is 8.35. The average molecular weight is 277 g/mol. The number of fused-ring (bicyclic) bond motifs is 1. The van der Waals surface area contributed by atoms with E-state index in [1.165, 1.54) is 5.56 Å². The molecule has 2 saturated heterocycles. The summed E-state index contributed by atoms with van der Waals surface area (Å²) < 4.78 is 16.3. The number of ether oxygens (including phenoxy) is 3. The monoisotopic (exact) mass is 277 g/mol. The molecule has 2 heterocycles. The molecule has 0 saturated carbocycles. The van der Waals surface area contributed by atoms with Gasteiger partial charge in [0, 0.05) is 38.1 Å². The van der Waals surface area contributed by atoms with Gasteiger partial charge in [-0.15, -0.1) is 0 Å². The van der Waals surface area contributed by atoms with Crippen molar-refractivity contribution in [3.05, 3.63) is 29.8 Å². The number of hydrogen-bond donors (Lipinski definition) is 0. The topological polar surface area (TPSA) is 30.9 Å². The number of rotatable bonds is 5. The lowest BCUT2D eigenvalue weighted by Crippen LogP contribution is -2.35. The predicted octanol–water partition coefficient (Wildman–Crippen LogP) is 1.79. The van der Waals surface area contributed by atoms with Crippen molar-refractivity contribution in [3.8, 4) is 5.75 Å². The Morgan fingerprint density at radius 3 is 2.80 bits per heavy atom. The first-order valence-corrected chi connectivity index (χ1v) is 7.18. The second-order valence-electron chi connectivity index (χ2n) is 6.03. The second-order valence-corrected chi connectivity index (χ2v) is 6.03. The molecule has 2 aliphatic heterocycles. The minimum Gasteiger partial charge on any atom is -0.497 e. The van der Waals surface area contributed by atoms with E-state index < -0.39 is 0 Å². The number of hydrogen-bond acceptors (Lipinski definition) is 4. The smallest absolute Gasteiger partial charge is 0.118 e. The molecule has 2 fully saturated rings. The van der Waals surface area contributed by atoms with E-state index in [1.807, 2.05) is 12.1 Å². The summed E-state index contributed by atoms with van der Waals surface area (Å²) in [5.74, 6) is 1.52. The van der Waals surface area contributed by atoms with Crippen LogP contribution < -0.4 is 4.74 Å². The van der Waals surface area contributed by atoms with Crippen LogP contribution in [0, 0.1) is 11.3 Å². The Morgan fingerprint density at radius 1 is 1.30 bits per heavy atom. The van der Waals surface area contributed by atoms with E-state index in [4.69, 9.17) is 14.2 Å². The molecule has 3 rings (SSSR count). The molecule has 110 valence electrons. The van der Waals surface area contributed by atoms with Crippen LogP contribution in [-0.4, -0.2) is 52.0 Å². The quantitative estimate of drug-likeness (QED) is 0.821. The summed E-state index contributed by atoms with van der Waals surface area (Å²) in [4.78, 5) is 2.52. The van der Waals surface area contributed by atoms with Crippen LogP contribution in [0.2, 0.25) is 0 Å². The molecule has 0 aliphatic carbocycles. The van der Waals surface area contributed by atoms with Crippen LogP contribution >= 0.6 is 0 Å². The molecule has 0 radical (unpaired) electrons. The zero-order valence-corrected chi connectivity index (χ0v) is 12.3. The lowest BCUT2D eigenvalue weighted by molar-refractivity contribution is 0.0533. The van der Waals surface area contributed by atoms with E-state index >= 15 is 0 Å². The van der Waals surface area contributed by atoms with Crippen molar-refractivity contribution in [2.75, 3.05) is 47.1 Å². The molecular formula is C16H23NO3. The van der Waals surface area contributed by atoms with Crippen molar-refractivity contribution in [2.45, 2.75) is 6.54 Å². The van der Waals surface area contributed by atoms with Gasteiger partial charge in [0.2, 0.25) is 0 Å². The number of benzene rings is 1. The predicted molar refractivity (Wildman–Crippen MR) is 76.9 cm³/mol. The molecule has 0 unspecified atom stereocenters. The summed E-state index contributed by atoms with van der Waals surface area (Å²) in [7, 11) is 3.49. The highest BCUT2D eigenvalue weighted by atomic mass is 16.5. The van der Waals surface area contributed by atoms with E-state index in [1.54, 1.807) is 14.2 Å². The van der Waals surface area contributed by atoms with Gasteiger partial charge in [-0.3, -0.25) is 4.90 Å². The fraction of sp³-hybridized carbons (Fsp3) is 0.625. The maximum Gasteiger partial charge on any atom is 0.118 e. The van der Waals surface area contributed by atoms with Crippen molar-refractivity contribution in [1.82, 2.24) is 4.90 Å². The van der Waals surface area contributed by atoms with Crippen molar-refractivity contribution in [2.24, 2.45) is 11.3 Å². The van der Waals surface area contributed by atoms with Crippen LogP contribution in [0.3, 0.4) is 0 Å². The Morgan fingerprint density at radius 2 is 2.10 bits per heavy atom. The number of methoxy groups -OCH3 is 2. The van der Waals surface area contributed by atoms with Crippen LogP contribution in [0.25, 0.3) is 0 Å². The Hall–Kier alpha value is -1.10. The van der Waals surface area contributed by atoms with Gasteiger partial charge in [-0.2, -0.15) is 0 Å².